The molecule has 2 N–H and O–H groups in total. The van der Waals surface area contributed by atoms with Gasteiger partial charge in [0.2, 0.25) is 0 Å². The molecule has 0 aromatic heterocycles. The molecule has 20 nitrogen and oxygen atoms in total. The topological polar surface area (TPSA) is 269 Å². The number of hydrogen-bond donors (Lipinski definition) is 2. The lowest BCUT2D eigenvalue weighted by atomic mass is 9.58. The molecule has 0 aliphatic carbocycles. The molecule has 0 aliphatic rings. The summed E-state index contributed by atoms with van der Waals surface area (Å²) in [5.74, 6) is -5.61. The van der Waals surface area contributed by atoms with Gasteiger partial charge in [-0.05, 0) is 99.1 Å². The van der Waals surface area contributed by atoms with Crippen LogP contribution in [0.2, 0.25) is 0 Å². The number of esters is 7. The summed E-state index contributed by atoms with van der Waals surface area (Å²) < 4.78 is 67.2. The summed E-state index contributed by atoms with van der Waals surface area (Å²) >= 11 is 0. The molecule has 0 aliphatic heterocycles. The maximum absolute atomic E-state index is 14.8. The van der Waals surface area contributed by atoms with Crippen molar-refractivity contribution in [3.8, 4) is 5.75 Å². The predicted octanol–water partition coefficient (Wildman–Crippen LogP) is 6.31. The molecule has 0 saturated heterocycles. The summed E-state index contributed by atoms with van der Waals surface area (Å²) in [6, 6.07) is 8.26. The fourth-order valence-electron chi connectivity index (χ4n) is 8.81. The van der Waals surface area contributed by atoms with E-state index in [1.165, 1.54) is 48.4 Å². The Kier molecular flexibility index (Phi) is 24.3. The number of rotatable bonds is 32. The van der Waals surface area contributed by atoms with Gasteiger partial charge in [0.1, 0.15) is 51.0 Å². The zero-order valence-corrected chi connectivity index (χ0v) is 44.3. The van der Waals surface area contributed by atoms with E-state index in [4.69, 9.17) is 46.9 Å². The molecule has 1 rings (SSSR count). The number of hydrogen-bond acceptors (Lipinski definition) is 20. The van der Waals surface area contributed by atoms with Gasteiger partial charge in [0.25, 0.3) is 0 Å². The molecule has 0 heterocycles. The molecule has 1 aromatic carbocycles. The second kappa shape index (κ2) is 27.0. The van der Waals surface area contributed by atoms with Gasteiger partial charge in [0, 0.05) is 12.1 Å². The largest absolute Gasteiger partial charge is 0.501 e. The first kappa shape index (κ1) is 63.0. The molecule has 21 heteroatoms. The summed E-state index contributed by atoms with van der Waals surface area (Å²) in [4.78, 5) is 95.1. The van der Waals surface area contributed by atoms with Crippen molar-refractivity contribution in [3.05, 3.63) is 42.7 Å². The van der Waals surface area contributed by atoms with Crippen molar-refractivity contribution in [3.63, 3.8) is 0 Å². The van der Waals surface area contributed by atoms with Crippen LogP contribution in [0.1, 0.15) is 108 Å². The lowest BCUT2D eigenvalue weighted by Gasteiger charge is -2.45. The Morgan fingerprint density at radius 2 is 0.886 bits per heavy atom. The van der Waals surface area contributed by atoms with E-state index in [0.717, 1.165) is 14.2 Å². The van der Waals surface area contributed by atoms with E-state index in [9.17, 15) is 48.3 Å². The van der Waals surface area contributed by atoms with Gasteiger partial charge in [-0.15, -0.1) is 0 Å². The smallest absolute Gasteiger partial charge is 0.376 e. The molecular formula is C49H77O20P. The predicted molar refractivity (Wildman–Crippen MR) is 253 cm³/mol. The first-order chi connectivity index (χ1) is 32.2. The molecule has 0 saturated carbocycles. The standard InChI is InChI=1S/C49H77O20P/c1-16-45(7,41(56)65-24-22-63-37(52)33(2)50)29-47(9,39(54)61-13)31-49(11,43(58)67-26-27-68-70(15,59)69-36-20-18-17-19-21-36)32-48(10,40(55)62-14)30-46(8,28-44(5,6)35(4)60-12)42(57)66-25-23-64-38(53)34(3)51/h17-21,33-34,50-51H,4,16,22-32H2,1-3,5-15H3. The fraction of sp³-hybridized carbons (Fsp3) is 0.694. The molecular weight excluding hydrogens is 939 g/mol. The molecule has 70 heavy (non-hydrogen) atoms. The van der Waals surface area contributed by atoms with E-state index in [1.807, 2.05) is 0 Å². The van der Waals surface area contributed by atoms with Gasteiger partial charge in [-0.3, -0.25) is 28.5 Å². The van der Waals surface area contributed by atoms with E-state index in [-0.39, 0.29) is 50.4 Å². The summed E-state index contributed by atoms with van der Waals surface area (Å²) in [5.41, 5.74) is -9.43. The third-order valence-corrected chi connectivity index (χ3v) is 13.2. The highest BCUT2D eigenvalue weighted by atomic mass is 31.2. The molecule has 0 spiro atoms. The Balaban J connectivity index is 3.94. The van der Waals surface area contributed by atoms with Gasteiger partial charge in [-0.25, -0.2) is 14.2 Å². The third-order valence-electron chi connectivity index (χ3n) is 12.0. The average molecular weight is 1020 g/mol. The Bertz CT molecular complexity index is 2000. The van der Waals surface area contributed by atoms with Crippen LogP contribution in [0.15, 0.2) is 42.7 Å². The Morgan fingerprint density at radius 1 is 0.543 bits per heavy atom. The molecule has 8 unspecified atom stereocenters. The number of allylic oxidation sites excluding steroid dienone is 1. The van der Waals surface area contributed by atoms with Gasteiger partial charge < -0.3 is 52.6 Å². The quantitative estimate of drug-likeness (QED) is 0.0263. The Hall–Kier alpha value is -5.04. The second-order valence-corrected chi connectivity index (χ2v) is 21.6. The van der Waals surface area contributed by atoms with E-state index in [1.54, 1.807) is 65.0 Å². The fourth-order valence-corrected chi connectivity index (χ4v) is 9.77. The number of para-hydroxylation sites is 1. The van der Waals surface area contributed by atoms with E-state index in [0.29, 0.717) is 0 Å². The zero-order valence-electron chi connectivity index (χ0n) is 43.4. The zero-order chi connectivity index (χ0) is 53.9. The van der Waals surface area contributed by atoms with Gasteiger partial charge >= 0.3 is 49.4 Å². The van der Waals surface area contributed by atoms with Crippen molar-refractivity contribution >= 4 is 49.4 Å². The minimum absolute atomic E-state index is 0.0543. The van der Waals surface area contributed by atoms with E-state index < -0.39 is 133 Å². The molecule has 398 valence electrons. The van der Waals surface area contributed by atoms with Gasteiger partial charge in [-0.2, -0.15) is 0 Å². The average Bonchev–Trinajstić information content (AvgIpc) is 3.28. The summed E-state index contributed by atoms with van der Waals surface area (Å²) in [5, 5.41) is 19.0. The van der Waals surface area contributed by atoms with Crippen LogP contribution in [0.5, 0.6) is 5.75 Å². The first-order valence-corrected chi connectivity index (χ1v) is 24.8. The number of ether oxygens (including phenoxy) is 8. The molecule has 8 atom stereocenters. The van der Waals surface area contributed by atoms with Crippen LogP contribution < -0.4 is 4.52 Å². The number of benzene rings is 1. The van der Waals surface area contributed by atoms with Crippen molar-refractivity contribution in [2.75, 3.05) is 67.6 Å². The van der Waals surface area contributed by atoms with Crippen LogP contribution in [0.3, 0.4) is 0 Å². The summed E-state index contributed by atoms with van der Waals surface area (Å²) in [7, 11) is -0.0817. The Morgan fingerprint density at radius 3 is 1.26 bits per heavy atom. The highest BCUT2D eigenvalue weighted by Gasteiger charge is 2.57. The maximum atomic E-state index is 14.8. The number of aliphatic hydroxyl groups excluding tert-OH is 2. The molecule has 0 bridgehead atoms. The van der Waals surface area contributed by atoms with Crippen molar-refractivity contribution in [2.24, 2.45) is 32.5 Å². The summed E-state index contributed by atoms with van der Waals surface area (Å²) in [6.45, 7) is 17.9. The van der Waals surface area contributed by atoms with E-state index in [2.05, 4.69) is 6.58 Å². The third kappa shape index (κ3) is 18.9. The van der Waals surface area contributed by atoms with Crippen molar-refractivity contribution in [1.29, 1.82) is 0 Å². The minimum atomic E-state index is -3.74. The molecule has 1 aromatic rings. The molecule has 0 radical (unpaired) electrons. The minimum Gasteiger partial charge on any atom is -0.501 e. The highest BCUT2D eigenvalue weighted by Crippen LogP contribution is 2.54. The van der Waals surface area contributed by atoms with Crippen LogP contribution in [0.25, 0.3) is 0 Å². The number of carbonyl (C=O) groups excluding carboxylic acids is 7. The van der Waals surface area contributed by atoms with Crippen LogP contribution >= 0.6 is 7.60 Å². The maximum Gasteiger partial charge on any atom is 0.376 e. The Labute approximate surface area is 412 Å². The van der Waals surface area contributed by atoms with E-state index >= 15 is 0 Å². The lowest BCUT2D eigenvalue weighted by molar-refractivity contribution is -0.175. The second-order valence-electron chi connectivity index (χ2n) is 19.6. The van der Waals surface area contributed by atoms with Gasteiger partial charge in [0.15, 0.2) is 0 Å². The monoisotopic (exact) mass is 1020 g/mol. The van der Waals surface area contributed by atoms with Crippen LogP contribution in [0.4, 0.5) is 0 Å². The molecule has 0 amide bonds. The highest BCUT2D eigenvalue weighted by molar-refractivity contribution is 7.53. The van der Waals surface area contributed by atoms with Crippen molar-refractivity contribution < 1.29 is 95.3 Å². The lowest BCUT2D eigenvalue weighted by Crippen LogP contribution is -2.49. The molecule has 0 fully saturated rings. The van der Waals surface area contributed by atoms with Gasteiger partial charge in [-0.1, -0.05) is 45.5 Å². The number of aliphatic hydroxyl groups is 2. The van der Waals surface area contributed by atoms with Crippen LogP contribution in [0, 0.1) is 32.5 Å². The SMILES string of the molecule is C=C(OC)C(C)(C)CC(C)(CC(C)(CC(C)(CC(C)(CC(C)(CC)C(=O)OCCOC(=O)C(C)O)C(=O)OC)C(=O)OCCOP(C)(=O)Oc1ccccc1)C(=O)OC)C(=O)OCCOC(=O)C(C)O. The number of carbonyl (C=O) groups is 7. The van der Waals surface area contributed by atoms with Gasteiger partial charge in [0.05, 0.1) is 60.8 Å². The van der Waals surface area contributed by atoms with Crippen LogP contribution in [-0.4, -0.2) is 132 Å². The number of methoxy groups -OCH3 is 3. The first-order valence-electron chi connectivity index (χ1n) is 22.8. The van der Waals surface area contributed by atoms with Crippen LogP contribution in [-0.2, 0) is 80.5 Å². The normalized spacial score (nSPS) is 17.5. The van der Waals surface area contributed by atoms with Crippen molar-refractivity contribution in [1.82, 2.24) is 0 Å². The summed E-state index contributed by atoms with van der Waals surface area (Å²) in [6.07, 6.45) is -4.35. The van der Waals surface area contributed by atoms with Crippen molar-refractivity contribution in [2.45, 2.75) is 120 Å².